The van der Waals surface area contributed by atoms with Gasteiger partial charge >= 0.3 is 18.2 Å². The summed E-state index contributed by atoms with van der Waals surface area (Å²) < 4.78 is 10.7. The first-order chi connectivity index (χ1) is 21.5. The Morgan fingerprint density at radius 2 is 1.23 bits per heavy atom. The van der Waals surface area contributed by atoms with Crippen molar-refractivity contribution in [2.24, 2.45) is 5.73 Å². The van der Waals surface area contributed by atoms with Crippen LogP contribution in [-0.4, -0.2) is 145 Å². The highest BCUT2D eigenvalue weighted by Crippen LogP contribution is 2.40. The number of aliphatic carboxylic acids is 1. The molecule has 0 aliphatic carbocycles. The molecule has 4 aliphatic rings. The SMILES string of the molecule is CC(C)(C)OC(=O)N1CCCC12CN(CC(=O)O)C2=O.C[C@@H](O)[C@H](NC(=O)CN1CC2(CCCN2C(=O)OC(C)(C)C)C1=O)C(N)=O. The molecule has 4 aliphatic heterocycles. The van der Waals surface area contributed by atoms with Crippen molar-refractivity contribution in [2.45, 2.75) is 109 Å². The molecule has 2 spiro atoms. The van der Waals surface area contributed by atoms with Crippen LogP contribution in [0.1, 0.15) is 74.1 Å². The molecule has 0 bridgehead atoms. The van der Waals surface area contributed by atoms with Crippen LogP contribution in [0.2, 0.25) is 0 Å². The number of hydrogen-bond acceptors (Lipinski definition) is 10. The second-order valence-corrected chi connectivity index (χ2v) is 14.4. The summed E-state index contributed by atoms with van der Waals surface area (Å²) in [5, 5.41) is 20.5. The lowest BCUT2D eigenvalue weighted by atomic mass is 9.85. The van der Waals surface area contributed by atoms with Crippen LogP contribution < -0.4 is 11.1 Å². The van der Waals surface area contributed by atoms with Crippen LogP contribution in [0.15, 0.2) is 0 Å². The minimum absolute atomic E-state index is 0.217. The third-order valence-corrected chi connectivity index (χ3v) is 8.25. The minimum Gasteiger partial charge on any atom is -0.480 e. The van der Waals surface area contributed by atoms with Crippen LogP contribution in [0.3, 0.4) is 0 Å². The average molecular weight is 669 g/mol. The molecule has 5 N–H and O–H groups in total. The first-order valence-corrected chi connectivity index (χ1v) is 15.6. The van der Waals surface area contributed by atoms with Crippen LogP contribution >= 0.6 is 0 Å². The fourth-order valence-corrected chi connectivity index (χ4v) is 6.25. The summed E-state index contributed by atoms with van der Waals surface area (Å²) in [5.41, 5.74) is 2.01. The van der Waals surface area contributed by atoms with Crippen molar-refractivity contribution in [3.05, 3.63) is 0 Å². The van der Waals surface area contributed by atoms with Gasteiger partial charge in [0.15, 0.2) is 0 Å². The molecular weight excluding hydrogens is 620 g/mol. The number of ether oxygens (including phenoxy) is 2. The number of rotatable bonds is 7. The van der Waals surface area contributed by atoms with Gasteiger partial charge in [-0.3, -0.25) is 33.8 Å². The number of aliphatic hydroxyl groups excluding tert-OH is 1. The van der Waals surface area contributed by atoms with Gasteiger partial charge in [0.2, 0.25) is 11.8 Å². The molecule has 4 rings (SSSR count). The molecule has 6 amide bonds. The molecule has 4 atom stereocenters. The monoisotopic (exact) mass is 668 g/mol. The predicted octanol–water partition coefficient (Wildman–Crippen LogP) is -0.368. The first-order valence-electron chi connectivity index (χ1n) is 15.6. The number of amides is 6. The molecule has 4 heterocycles. The molecule has 47 heavy (non-hydrogen) atoms. The van der Waals surface area contributed by atoms with Crippen LogP contribution in [0.5, 0.6) is 0 Å². The molecule has 2 unspecified atom stereocenters. The largest absolute Gasteiger partial charge is 0.480 e. The number of likely N-dealkylation sites (tertiary alicyclic amines) is 4. The van der Waals surface area contributed by atoms with Gasteiger partial charge in [-0.15, -0.1) is 0 Å². The number of primary amides is 1. The highest BCUT2D eigenvalue weighted by Gasteiger charge is 2.61. The zero-order chi connectivity index (χ0) is 35.7. The average Bonchev–Trinajstić information content (AvgIpc) is 3.57. The number of carboxylic acids is 1. The zero-order valence-electron chi connectivity index (χ0n) is 28.2. The Kier molecular flexibility index (Phi) is 10.7. The number of β-lactam (4-membered cyclic amide) rings is 2. The van der Waals surface area contributed by atoms with Gasteiger partial charge in [-0.2, -0.15) is 0 Å². The topological polar surface area (TPSA) is 229 Å². The van der Waals surface area contributed by atoms with E-state index in [9.17, 15) is 38.7 Å². The summed E-state index contributed by atoms with van der Waals surface area (Å²) in [6.45, 7) is 12.7. The molecule has 0 radical (unpaired) electrons. The Bertz CT molecular complexity index is 1290. The predicted molar refractivity (Wildman–Crippen MR) is 163 cm³/mol. The van der Waals surface area contributed by atoms with Crippen molar-refractivity contribution in [3.63, 3.8) is 0 Å². The zero-order valence-corrected chi connectivity index (χ0v) is 28.2. The van der Waals surface area contributed by atoms with E-state index in [0.29, 0.717) is 32.4 Å². The molecule has 0 saturated carbocycles. The van der Waals surface area contributed by atoms with E-state index in [4.69, 9.17) is 20.3 Å². The second-order valence-electron chi connectivity index (χ2n) is 14.4. The van der Waals surface area contributed by atoms with E-state index in [1.165, 1.54) is 26.5 Å². The van der Waals surface area contributed by atoms with Gasteiger partial charge in [-0.25, -0.2) is 9.59 Å². The summed E-state index contributed by atoms with van der Waals surface area (Å²) in [4.78, 5) is 89.0. The highest BCUT2D eigenvalue weighted by atomic mass is 16.6. The van der Waals surface area contributed by atoms with E-state index in [1.54, 1.807) is 41.5 Å². The molecule has 0 aromatic rings. The summed E-state index contributed by atoms with van der Waals surface area (Å²) >= 11 is 0. The molecule has 264 valence electrons. The number of carboxylic acid groups (broad SMARTS) is 1. The van der Waals surface area contributed by atoms with Crippen molar-refractivity contribution >= 4 is 41.8 Å². The molecule has 0 aromatic carbocycles. The van der Waals surface area contributed by atoms with E-state index >= 15 is 0 Å². The maximum absolute atomic E-state index is 12.7. The fraction of sp³-hybridized carbons (Fsp3) is 0.767. The van der Waals surface area contributed by atoms with Crippen LogP contribution in [0, 0.1) is 0 Å². The second kappa shape index (κ2) is 13.5. The van der Waals surface area contributed by atoms with Gasteiger partial charge in [0.1, 0.15) is 34.9 Å². The lowest BCUT2D eigenvalue weighted by molar-refractivity contribution is -0.165. The van der Waals surface area contributed by atoms with Gasteiger partial charge in [-0.05, 0) is 74.1 Å². The Balaban J connectivity index is 0.000000267. The van der Waals surface area contributed by atoms with E-state index in [2.05, 4.69) is 5.32 Å². The normalized spacial score (nSPS) is 25.0. The minimum atomic E-state index is -1.23. The molecule has 17 heteroatoms. The van der Waals surface area contributed by atoms with Crippen molar-refractivity contribution < 1.29 is 53.2 Å². The number of nitrogens with two attached hydrogens (primary N) is 1. The fourth-order valence-electron chi connectivity index (χ4n) is 6.25. The van der Waals surface area contributed by atoms with Gasteiger partial charge in [0.05, 0.1) is 25.7 Å². The third-order valence-electron chi connectivity index (χ3n) is 8.25. The third kappa shape index (κ3) is 8.23. The number of carbonyl (C=O) groups excluding carboxylic acids is 6. The van der Waals surface area contributed by atoms with Gasteiger partial charge in [0.25, 0.3) is 11.8 Å². The maximum Gasteiger partial charge on any atom is 0.411 e. The van der Waals surface area contributed by atoms with Crippen molar-refractivity contribution in [1.82, 2.24) is 24.9 Å². The Hall–Kier alpha value is -4.15. The lowest BCUT2D eigenvalue weighted by Gasteiger charge is -2.50. The maximum atomic E-state index is 12.7. The van der Waals surface area contributed by atoms with Gasteiger partial charge in [0, 0.05) is 13.1 Å². The van der Waals surface area contributed by atoms with Crippen LogP contribution in [-0.2, 0) is 33.4 Å². The first kappa shape index (κ1) is 37.3. The summed E-state index contributed by atoms with van der Waals surface area (Å²) in [6.07, 6.45) is 0.297. The number of carbonyl (C=O) groups is 7. The number of nitrogens with zero attached hydrogens (tertiary/aromatic N) is 4. The van der Waals surface area contributed by atoms with E-state index in [1.807, 2.05) is 0 Å². The Morgan fingerprint density at radius 1 is 0.830 bits per heavy atom. The Morgan fingerprint density at radius 3 is 1.55 bits per heavy atom. The smallest absolute Gasteiger partial charge is 0.411 e. The summed E-state index contributed by atoms with van der Waals surface area (Å²) in [6, 6.07) is -1.23. The van der Waals surface area contributed by atoms with Crippen LogP contribution in [0.4, 0.5) is 9.59 Å². The highest BCUT2D eigenvalue weighted by molar-refractivity contribution is 5.99. The number of aliphatic hydroxyl groups is 1. The molecule has 4 fully saturated rings. The standard InChI is InChI=1S/C17H28N4O6.C13H20N2O5/c1-10(22)12(13(18)24)19-11(23)8-20-9-17(14(20)25)6-5-7-21(17)15(26)27-16(2,3)4;1-12(2,3)20-11(19)15-6-4-5-13(15)8-14(10(13)18)7-9(16)17/h10,12,22H,5-9H2,1-4H3,(H2,18,24)(H,19,23);4-8H2,1-3H3,(H,16,17)/t10-,12+,17?;/m1./s1. The van der Waals surface area contributed by atoms with E-state index < -0.39 is 64.4 Å². The van der Waals surface area contributed by atoms with Crippen LogP contribution in [0.25, 0.3) is 0 Å². The molecular formula is C30H48N6O11. The number of hydrogen-bond donors (Lipinski definition) is 4. The van der Waals surface area contributed by atoms with Gasteiger partial charge < -0.3 is 40.5 Å². The lowest BCUT2D eigenvalue weighted by Crippen LogP contribution is -2.74. The summed E-state index contributed by atoms with van der Waals surface area (Å²) in [5.74, 6) is -3.13. The van der Waals surface area contributed by atoms with Crippen molar-refractivity contribution in [3.8, 4) is 0 Å². The quantitative estimate of drug-likeness (QED) is 0.256. The van der Waals surface area contributed by atoms with E-state index in [0.717, 1.165) is 6.42 Å². The Labute approximate surface area is 273 Å². The van der Waals surface area contributed by atoms with Crippen molar-refractivity contribution in [1.29, 1.82) is 0 Å². The number of nitrogens with one attached hydrogen (secondary N) is 1. The summed E-state index contributed by atoms with van der Waals surface area (Å²) in [7, 11) is 0. The molecule has 0 aromatic heterocycles. The molecule has 4 saturated heterocycles. The van der Waals surface area contributed by atoms with Crippen molar-refractivity contribution in [2.75, 3.05) is 39.3 Å². The van der Waals surface area contributed by atoms with Gasteiger partial charge in [-0.1, -0.05) is 0 Å². The molecule has 17 nitrogen and oxygen atoms in total. The van der Waals surface area contributed by atoms with E-state index in [-0.39, 0.29) is 38.0 Å².